The number of carbonyl (C=O) groups is 1. The van der Waals surface area contributed by atoms with E-state index < -0.39 is 0 Å². The van der Waals surface area contributed by atoms with Crippen LogP contribution < -0.4 is 5.32 Å². The van der Waals surface area contributed by atoms with Crippen LogP contribution in [-0.4, -0.2) is 52.0 Å². The first-order valence-electron chi connectivity index (χ1n) is 11.6. The average Bonchev–Trinajstić information content (AvgIpc) is 3.39. The zero-order valence-corrected chi connectivity index (χ0v) is 19.4. The predicted molar refractivity (Wildman–Crippen MR) is 135 cm³/mol. The molecule has 34 heavy (non-hydrogen) atoms. The summed E-state index contributed by atoms with van der Waals surface area (Å²) < 4.78 is 9.34. The van der Waals surface area contributed by atoms with E-state index >= 15 is 0 Å². The van der Waals surface area contributed by atoms with Gasteiger partial charge < -0.3 is 24.3 Å². The SMILES string of the molecule is CCn1c2ccccc2c2cc(-c3nc4cc(C(=O)NCCOC)ccc4n3CCO)ccc21. The number of fused-ring (bicyclic) bond motifs is 4. The molecule has 7 heteroatoms. The first-order chi connectivity index (χ1) is 16.7. The van der Waals surface area contributed by atoms with Gasteiger partial charge in [0, 0.05) is 59.7 Å². The maximum Gasteiger partial charge on any atom is 0.251 e. The number of ether oxygens (including phenoxy) is 1. The standard InChI is InChI=1S/C27H28N4O3/c1-3-30-23-7-5-4-6-20(23)21-16-18(8-10-24(21)30)26-29-22-17-19(27(33)28-12-15-34-2)9-11-25(22)31(26)13-14-32/h4-11,16-17,32H,3,12-15H2,1-2H3,(H,28,33). The van der Waals surface area contributed by atoms with Gasteiger partial charge in [0.15, 0.2) is 0 Å². The summed E-state index contributed by atoms with van der Waals surface area (Å²) in [5.74, 6) is 0.613. The van der Waals surface area contributed by atoms with Crippen LogP contribution in [0.4, 0.5) is 0 Å². The number of benzene rings is 3. The first kappa shape index (κ1) is 22.1. The Hall–Kier alpha value is -3.68. The van der Waals surface area contributed by atoms with E-state index in [1.807, 2.05) is 10.6 Å². The van der Waals surface area contributed by atoms with E-state index in [0.717, 1.165) is 29.0 Å². The Labute approximate surface area is 197 Å². The third-order valence-electron chi connectivity index (χ3n) is 6.27. The number of nitrogens with one attached hydrogen (secondary N) is 1. The van der Waals surface area contributed by atoms with E-state index in [4.69, 9.17) is 9.72 Å². The fourth-order valence-electron chi connectivity index (χ4n) is 4.72. The van der Waals surface area contributed by atoms with Crippen LogP contribution in [0.25, 0.3) is 44.2 Å². The van der Waals surface area contributed by atoms with Gasteiger partial charge >= 0.3 is 0 Å². The van der Waals surface area contributed by atoms with Crippen LogP contribution in [0.3, 0.4) is 0 Å². The molecule has 7 nitrogen and oxygen atoms in total. The highest BCUT2D eigenvalue weighted by molar-refractivity contribution is 6.09. The Balaban J connectivity index is 1.63. The molecule has 0 atom stereocenters. The summed E-state index contributed by atoms with van der Waals surface area (Å²) >= 11 is 0. The number of methoxy groups -OCH3 is 1. The zero-order valence-electron chi connectivity index (χ0n) is 19.4. The molecular formula is C27H28N4O3. The van der Waals surface area contributed by atoms with Crippen molar-refractivity contribution < 1.29 is 14.6 Å². The molecule has 0 aliphatic heterocycles. The van der Waals surface area contributed by atoms with Gasteiger partial charge in [0.05, 0.1) is 24.2 Å². The molecule has 0 radical (unpaired) electrons. The zero-order chi connectivity index (χ0) is 23.7. The Kier molecular flexibility index (Phi) is 6.04. The number of carbonyl (C=O) groups excluding carboxylic acids is 1. The van der Waals surface area contributed by atoms with E-state index in [9.17, 15) is 9.90 Å². The number of nitrogens with zero attached hydrogens (tertiary/aromatic N) is 3. The summed E-state index contributed by atoms with van der Waals surface area (Å²) in [7, 11) is 1.60. The number of aromatic nitrogens is 3. The lowest BCUT2D eigenvalue weighted by Crippen LogP contribution is -2.26. The lowest BCUT2D eigenvalue weighted by Gasteiger charge is -2.09. The van der Waals surface area contributed by atoms with Gasteiger partial charge in [-0.15, -0.1) is 0 Å². The molecule has 174 valence electrons. The van der Waals surface area contributed by atoms with Crippen molar-refractivity contribution in [1.82, 2.24) is 19.4 Å². The van der Waals surface area contributed by atoms with Crippen molar-refractivity contribution >= 4 is 38.7 Å². The third-order valence-corrected chi connectivity index (χ3v) is 6.27. The molecule has 1 amide bonds. The van der Waals surface area contributed by atoms with Crippen molar-refractivity contribution in [3.8, 4) is 11.4 Å². The second-order valence-corrected chi connectivity index (χ2v) is 8.26. The number of imidazole rings is 1. The van der Waals surface area contributed by atoms with E-state index in [1.54, 1.807) is 19.2 Å². The molecule has 0 aliphatic rings. The third kappa shape index (κ3) is 3.73. The van der Waals surface area contributed by atoms with Crippen molar-refractivity contribution in [2.45, 2.75) is 20.0 Å². The fourth-order valence-corrected chi connectivity index (χ4v) is 4.72. The fraction of sp³-hybridized carbons (Fsp3) is 0.259. The maximum absolute atomic E-state index is 12.5. The molecule has 0 fully saturated rings. The van der Waals surface area contributed by atoms with Crippen molar-refractivity contribution in [2.75, 3.05) is 26.9 Å². The van der Waals surface area contributed by atoms with Crippen LogP contribution >= 0.6 is 0 Å². The van der Waals surface area contributed by atoms with Gasteiger partial charge in [-0.05, 0) is 49.4 Å². The lowest BCUT2D eigenvalue weighted by atomic mass is 10.1. The van der Waals surface area contributed by atoms with Gasteiger partial charge in [-0.2, -0.15) is 0 Å². The molecule has 2 heterocycles. The molecule has 0 saturated carbocycles. The summed E-state index contributed by atoms with van der Waals surface area (Å²) in [4.78, 5) is 17.4. The molecule has 3 aromatic carbocycles. The molecule has 0 saturated heterocycles. The molecule has 5 aromatic rings. The Morgan fingerprint density at radius 2 is 1.79 bits per heavy atom. The highest BCUT2D eigenvalue weighted by atomic mass is 16.5. The smallest absolute Gasteiger partial charge is 0.251 e. The summed E-state index contributed by atoms with van der Waals surface area (Å²) in [5.41, 5.74) is 5.53. The Morgan fingerprint density at radius 1 is 1.00 bits per heavy atom. The molecular weight excluding hydrogens is 428 g/mol. The molecule has 2 aromatic heterocycles. The van der Waals surface area contributed by atoms with E-state index in [2.05, 4.69) is 59.3 Å². The minimum atomic E-state index is -0.161. The number of amides is 1. The Bertz CT molecular complexity index is 1500. The molecule has 0 spiro atoms. The number of hydrogen-bond acceptors (Lipinski definition) is 4. The van der Waals surface area contributed by atoms with Gasteiger partial charge in [0.2, 0.25) is 0 Å². The van der Waals surface area contributed by atoms with E-state index in [-0.39, 0.29) is 12.5 Å². The lowest BCUT2D eigenvalue weighted by molar-refractivity contribution is 0.0937. The highest BCUT2D eigenvalue weighted by Gasteiger charge is 2.17. The van der Waals surface area contributed by atoms with Crippen LogP contribution in [0.5, 0.6) is 0 Å². The highest BCUT2D eigenvalue weighted by Crippen LogP contribution is 2.33. The largest absolute Gasteiger partial charge is 0.395 e. The summed E-state index contributed by atoms with van der Waals surface area (Å²) in [6.45, 7) is 4.36. The Morgan fingerprint density at radius 3 is 2.59 bits per heavy atom. The topological polar surface area (TPSA) is 81.3 Å². The molecule has 0 aliphatic carbocycles. The maximum atomic E-state index is 12.5. The van der Waals surface area contributed by atoms with Crippen LogP contribution in [-0.2, 0) is 17.8 Å². The van der Waals surface area contributed by atoms with Gasteiger partial charge in [-0.1, -0.05) is 18.2 Å². The number of hydrogen-bond donors (Lipinski definition) is 2. The summed E-state index contributed by atoms with van der Waals surface area (Å²) in [6, 6.07) is 20.3. The average molecular weight is 457 g/mol. The second kappa shape index (κ2) is 9.29. The summed E-state index contributed by atoms with van der Waals surface area (Å²) in [5, 5.41) is 15.0. The molecule has 0 bridgehead atoms. The van der Waals surface area contributed by atoms with Crippen LogP contribution in [0, 0.1) is 0 Å². The molecule has 0 unspecified atom stereocenters. The number of para-hydroxylation sites is 1. The number of aliphatic hydroxyl groups is 1. The van der Waals surface area contributed by atoms with E-state index in [0.29, 0.717) is 25.3 Å². The second-order valence-electron chi connectivity index (χ2n) is 8.26. The van der Waals surface area contributed by atoms with Crippen LogP contribution in [0.2, 0.25) is 0 Å². The predicted octanol–water partition coefficient (Wildman–Crippen LogP) is 4.20. The van der Waals surface area contributed by atoms with Gasteiger partial charge in [0.1, 0.15) is 5.82 Å². The molecule has 2 N–H and O–H groups in total. The van der Waals surface area contributed by atoms with Gasteiger partial charge in [-0.25, -0.2) is 4.98 Å². The van der Waals surface area contributed by atoms with Crippen molar-refractivity contribution in [1.29, 1.82) is 0 Å². The van der Waals surface area contributed by atoms with Crippen molar-refractivity contribution in [2.24, 2.45) is 0 Å². The number of rotatable bonds is 8. The number of aryl methyl sites for hydroxylation is 1. The van der Waals surface area contributed by atoms with Crippen molar-refractivity contribution in [3.63, 3.8) is 0 Å². The number of aliphatic hydroxyl groups excluding tert-OH is 1. The van der Waals surface area contributed by atoms with Crippen molar-refractivity contribution in [3.05, 3.63) is 66.2 Å². The van der Waals surface area contributed by atoms with Gasteiger partial charge in [0.25, 0.3) is 5.91 Å². The summed E-state index contributed by atoms with van der Waals surface area (Å²) in [6.07, 6.45) is 0. The van der Waals surface area contributed by atoms with Crippen LogP contribution in [0.15, 0.2) is 60.7 Å². The van der Waals surface area contributed by atoms with Crippen LogP contribution in [0.1, 0.15) is 17.3 Å². The quantitative estimate of drug-likeness (QED) is 0.343. The normalized spacial score (nSPS) is 11.6. The first-order valence-corrected chi connectivity index (χ1v) is 11.6. The minimum Gasteiger partial charge on any atom is -0.395 e. The molecule has 5 rings (SSSR count). The minimum absolute atomic E-state index is 0.00486. The van der Waals surface area contributed by atoms with Gasteiger partial charge in [-0.3, -0.25) is 4.79 Å². The monoisotopic (exact) mass is 456 g/mol. The van der Waals surface area contributed by atoms with E-state index in [1.165, 1.54) is 21.8 Å².